The van der Waals surface area contributed by atoms with Gasteiger partial charge in [-0.05, 0) is 31.8 Å². The molecule has 0 fully saturated rings. The van der Waals surface area contributed by atoms with Crippen LogP contribution in [0.3, 0.4) is 0 Å². The molecule has 0 aromatic rings. The lowest BCUT2D eigenvalue weighted by Crippen LogP contribution is -1.96. The number of allylic oxidation sites excluding steroid dienone is 1. The zero-order chi connectivity index (χ0) is 14.0. The molecule has 0 radical (unpaired) electrons. The highest BCUT2D eigenvalue weighted by atomic mass is 16.7. The molecule has 3 heteroatoms. The van der Waals surface area contributed by atoms with Gasteiger partial charge >= 0.3 is 0 Å². The van der Waals surface area contributed by atoms with Gasteiger partial charge in [0.15, 0.2) is 6.79 Å². The van der Waals surface area contributed by atoms with Gasteiger partial charge < -0.3 is 14.3 Å². The topological polar surface area (TPSA) is 35.5 Å². The lowest BCUT2D eigenvalue weighted by atomic mass is 10.1. The van der Waals surface area contributed by atoms with E-state index in [9.17, 15) is 4.79 Å². The van der Waals surface area contributed by atoms with Crippen molar-refractivity contribution in [2.45, 2.75) is 71.1 Å². The number of rotatable bonds is 15. The van der Waals surface area contributed by atoms with E-state index in [1.165, 1.54) is 38.5 Å². The Morgan fingerprint density at radius 3 is 2.16 bits per heavy atom. The van der Waals surface area contributed by atoms with Crippen LogP contribution >= 0.6 is 0 Å². The maximum atomic E-state index is 10.1. The molecular formula is C16H30O3. The van der Waals surface area contributed by atoms with Gasteiger partial charge in [0.2, 0.25) is 0 Å². The molecule has 0 saturated carbocycles. The normalized spacial score (nSPS) is 11.0. The molecular weight excluding hydrogens is 240 g/mol. The second-order valence-corrected chi connectivity index (χ2v) is 4.78. The van der Waals surface area contributed by atoms with Crippen LogP contribution in [0.5, 0.6) is 0 Å². The number of ether oxygens (including phenoxy) is 2. The predicted molar refractivity (Wildman–Crippen MR) is 79.0 cm³/mol. The van der Waals surface area contributed by atoms with Gasteiger partial charge in [0.25, 0.3) is 0 Å². The Morgan fingerprint density at radius 1 is 0.895 bits per heavy atom. The van der Waals surface area contributed by atoms with E-state index >= 15 is 0 Å². The van der Waals surface area contributed by atoms with Crippen LogP contribution in [0.25, 0.3) is 0 Å². The molecule has 0 spiro atoms. The van der Waals surface area contributed by atoms with Crippen LogP contribution in [0.4, 0.5) is 0 Å². The molecule has 0 N–H and O–H groups in total. The fourth-order valence-corrected chi connectivity index (χ4v) is 1.80. The van der Waals surface area contributed by atoms with E-state index < -0.39 is 0 Å². The quantitative estimate of drug-likeness (QED) is 0.189. The molecule has 112 valence electrons. The first-order chi connectivity index (χ1) is 9.41. The van der Waals surface area contributed by atoms with Crippen molar-refractivity contribution in [3.8, 4) is 0 Å². The standard InChI is InChI=1S/C16H30O3/c1-2-14-18-16-19-15-12-10-8-6-4-3-5-7-9-11-13-17/h12-13,15H,2-11,14,16H2,1H3. The van der Waals surface area contributed by atoms with Gasteiger partial charge in [-0.15, -0.1) is 0 Å². The van der Waals surface area contributed by atoms with Crippen LogP contribution in [0, 0.1) is 0 Å². The largest absolute Gasteiger partial charge is 0.475 e. The van der Waals surface area contributed by atoms with Crippen molar-refractivity contribution in [1.82, 2.24) is 0 Å². The highest BCUT2D eigenvalue weighted by Gasteiger charge is 1.91. The lowest BCUT2D eigenvalue weighted by molar-refractivity contribution is -0.107. The molecule has 0 bridgehead atoms. The number of carbonyl (C=O) groups excluding carboxylic acids is 1. The molecule has 0 aromatic heterocycles. The van der Waals surface area contributed by atoms with Crippen LogP contribution in [0.2, 0.25) is 0 Å². The smallest absolute Gasteiger partial charge is 0.188 e. The summed E-state index contributed by atoms with van der Waals surface area (Å²) in [5, 5.41) is 0. The van der Waals surface area contributed by atoms with Crippen molar-refractivity contribution in [3.63, 3.8) is 0 Å². The van der Waals surface area contributed by atoms with E-state index in [1.807, 2.05) is 0 Å². The summed E-state index contributed by atoms with van der Waals surface area (Å²) in [6.07, 6.45) is 16.3. The highest BCUT2D eigenvalue weighted by molar-refractivity contribution is 5.48. The minimum absolute atomic E-state index is 0.366. The third-order valence-corrected chi connectivity index (χ3v) is 2.89. The SMILES string of the molecule is CCCOCOC=CCCCCCCCCCC=O. The van der Waals surface area contributed by atoms with Gasteiger partial charge in [0.1, 0.15) is 6.29 Å². The Bertz CT molecular complexity index is 202. The van der Waals surface area contributed by atoms with Crippen LogP contribution in [0.1, 0.15) is 71.1 Å². The first-order valence-corrected chi connectivity index (χ1v) is 7.69. The Morgan fingerprint density at radius 2 is 1.53 bits per heavy atom. The molecule has 0 aliphatic rings. The molecule has 0 amide bonds. The molecule has 0 aliphatic carbocycles. The summed E-state index contributed by atoms with van der Waals surface area (Å²) in [5.74, 6) is 0. The van der Waals surface area contributed by atoms with E-state index in [4.69, 9.17) is 9.47 Å². The fourth-order valence-electron chi connectivity index (χ4n) is 1.80. The number of hydrogen-bond donors (Lipinski definition) is 0. The van der Waals surface area contributed by atoms with Gasteiger partial charge in [0.05, 0.1) is 12.9 Å². The molecule has 0 rings (SSSR count). The number of aldehydes is 1. The van der Waals surface area contributed by atoms with E-state index in [0.29, 0.717) is 6.79 Å². The van der Waals surface area contributed by atoms with Crippen molar-refractivity contribution in [1.29, 1.82) is 0 Å². The molecule has 0 aromatic carbocycles. The number of carbonyl (C=O) groups is 1. The van der Waals surface area contributed by atoms with E-state index in [2.05, 4.69) is 13.0 Å². The highest BCUT2D eigenvalue weighted by Crippen LogP contribution is 2.09. The summed E-state index contributed by atoms with van der Waals surface area (Å²) in [7, 11) is 0. The summed E-state index contributed by atoms with van der Waals surface area (Å²) in [6.45, 7) is 3.21. The van der Waals surface area contributed by atoms with E-state index in [-0.39, 0.29) is 0 Å². The van der Waals surface area contributed by atoms with Gasteiger partial charge in [0, 0.05) is 6.42 Å². The van der Waals surface area contributed by atoms with Crippen molar-refractivity contribution in [2.24, 2.45) is 0 Å². The maximum absolute atomic E-state index is 10.1. The summed E-state index contributed by atoms with van der Waals surface area (Å²) < 4.78 is 10.4. The molecule has 19 heavy (non-hydrogen) atoms. The predicted octanol–water partition coefficient (Wildman–Crippen LogP) is 4.61. The Hall–Kier alpha value is -0.830. The summed E-state index contributed by atoms with van der Waals surface area (Å²) in [6, 6.07) is 0. The monoisotopic (exact) mass is 270 g/mol. The average Bonchev–Trinajstić information content (AvgIpc) is 2.43. The molecule has 0 saturated heterocycles. The van der Waals surface area contributed by atoms with Gasteiger partial charge in [-0.25, -0.2) is 0 Å². The van der Waals surface area contributed by atoms with Crippen LogP contribution in [-0.2, 0) is 14.3 Å². The average molecular weight is 270 g/mol. The number of unbranched alkanes of at least 4 members (excludes halogenated alkanes) is 8. The van der Waals surface area contributed by atoms with Crippen molar-refractivity contribution >= 4 is 6.29 Å². The van der Waals surface area contributed by atoms with Crippen molar-refractivity contribution < 1.29 is 14.3 Å². The third kappa shape index (κ3) is 17.2. The minimum atomic E-state index is 0.366. The molecule has 0 unspecified atom stereocenters. The minimum Gasteiger partial charge on any atom is -0.475 e. The molecule has 3 nitrogen and oxygen atoms in total. The Kier molecular flexibility index (Phi) is 16.4. The summed E-state index contributed by atoms with van der Waals surface area (Å²) in [4.78, 5) is 10.1. The third-order valence-electron chi connectivity index (χ3n) is 2.89. The zero-order valence-electron chi connectivity index (χ0n) is 12.4. The van der Waals surface area contributed by atoms with Crippen molar-refractivity contribution in [3.05, 3.63) is 12.3 Å². The van der Waals surface area contributed by atoms with Crippen LogP contribution < -0.4 is 0 Å². The summed E-state index contributed by atoms with van der Waals surface area (Å²) >= 11 is 0. The van der Waals surface area contributed by atoms with E-state index in [0.717, 1.165) is 38.6 Å². The Labute approximate surface area is 118 Å². The second kappa shape index (κ2) is 17.2. The molecule has 0 aliphatic heterocycles. The maximum Gasteiger partial charge on any atom is 0.188 e. The zero-order valence-corrected chi connectivity index (χ0v) is 12.4. The van der Waals surface area contributed by atoms with Gasteiger partial charge in [-0.3, -0.25) is 0 Å². The first-order valence-electron chi connectivity index (χ1n) is 7.69. The van der Waals surface area contributed by atoms with Crippen molar-refractivity contribution in [2.75, 3.05) is 13.4 Å². The first kappa shape index (κ1) is 18.2. The molecule has 0 heterocycles. The van der Waals surface area contributed by atoms with E-state index in [1.54, 1.807) is 6.26 Å². The Balaban J connectivity index is 3.01. The molecule has 0 atom stereocenters. The summed E-state index contributed by atoms with van der Waals surface area (Å²) in [5.41, 5.74) is 0. The van der Waals surface area contributed by atoms with Crippen LogP contribution in [-0.4, -0.2) is 19.7 Å². The second-order valence-electron chi connectivity index (χ2n) is 4.78. The van der Waals surface area contributed by atoms with Crippen LogP contribution in [0.15, 0.2) is 12.3 Å². The lowest BCUT2D eigenvalue weighted by Gasteiger charge is -2.01. The fraction of sp³-hybridized carbons (Fsp3) is 0.812. The van der Waals surface area contributed by atoms with Gasteiger partial charge in [-0.2, -0.15) is 0 Å². The number of hydrogen-bond acceptors (Lipinski definition) is 3. The van der Waals surface area contributed by atoms with Gasteiger partial charge in [-0.1, -0.05) is 39.0 Å².